The Morgan fingerprint density at radius 3 is 2.84 bits per heavy atom. The number of H-pyrrole nitrogens is 1. The summed E-state index contributed by atoms with van der Waals surface area (Å²) in [7, 11) is 0. The maximum atomic E-state index is 6.34. The molecule has 0 radical (unpaired) electrons. The molecule has 1 aromatic carbocycles. The number of halogens is 1. The van der Waals surface area contributed by atoms with Crippen molar-refractivity contribution in [1.82, 2.24) is 15.2 Å². The van der Waals surface area contributed by atoms with Crippen molar-refractivity contribution >= 4 is 22.5 Å². The van der Waals surface area contributed by atoms with Crippen LogP contribution in [-0.2, 0) is 6.42 Å². The van der Waals surface area contributed by atoms with Crippen molar-refractivity contribution in [2.75, 3.05) is 32.7 Å². The van der Waals surface area contributed by atoms with Crippen LogP contribution in [0.1, 0.15) is 11.1 Å². The Kier molecular flexibility index (Phi) is 3.78. The number of piperazine rings is 1. The second-order valence-corrected chi connectivity index (χ2v) is 5.72. The number of hydrogen-bond acceptors (Lipinski definition) is 2. The van der Waals surface area contributed by atoms with Gasteiger partial charge in [-0.1, -0.05) is 11.6 Å². The molecule has 1 aromatic heterocycles. The molecule has 1 saturated heterocycles. The highest BCUT2D eigenvalue weighted by atomic mass is 35.5. The van der Waals surface area contributed by atoms with E-state index in [0.29, 0.717) is 0 Å². The van der Waals surface area contributed by atoms with Crippen LogP contribution in [-0.4, -0.2) is 42.6 Å². The van der Waals surface area contributed by atoms with Crippen molar-refractivity contribution < 1.29 is 0 Å². The Bertz CT molecular complexity index is 570. The smallest absolute Gasteiger partial charge is 0.0649 e. The van der Waals surface area contributed by atoms with Gasteiger partial charge in [-0.25, -0.2) is 0 Å². The number of benzene rings is 1. The van der Waals surface area contributed by atoms with Crippen LogP contribution >= 0.6 is 11.6 Å². The number of aromatic nitrogens is 1. The molecule has 19 heavy (non-hydrogen) atoms. The van der Waals surface area contributed by atoms with Crippen molar-refractivity contribution in [3.05, 3.63) is 34.5 Å². The summed E-state index contributed by atoms with van der Waals surface area (Å²) in [4.78, 5) is 5.75. The summed E-state index contributed by atoms with van der Waals surface area (Å²) in [5, 5.41) is 5.47. The Morgan fingerprint density at radius 2 is 2.05 bits per heavy atom. The average molecular weight is 278 g/mol. The Labute approximate surface area is 118 Å². The molecule has 0 amide bonds. The largest absolute Gasteiger partial charge is 0.360 e. The molecule has 3 rings (SSSR count). The van der Waals surface area contributed by atoms with Crippen molar-refractivity contribution in [3.8, 4) is 0 Å². The second kappa shape index (κ2) is 5.53. The van der Waals surface area contributed by atoms with Crippen molar-refractivity contribution in [2.45, 2.75) is 13.3 Å². The van der Waals surface area contributed by atoms with E-state index in [1.807, 2.05) is 6.20 Å². The Balaban J connectivity index is 1.75. The number of nitrogens with zero attached hydrogens (tertiary/aromatic N) is 1. The zero-order valence-corrected chi connectivity index (χ0v) is 12.1. The summed E-state index contributed by atoms with van der Waals surface area (Å²) in [6, 6.07) is 4.37. The molecule has 1 aliphatic rings. The summed E-state index contributed by atoms with van der Waals surface area (Å²) in [6.07, 6.45) is 3.09. The molecule has 0 atom stereocenters. The fourth-order valence-electron chi connectivity index (χ4n) is 2.74. The average Bonchev–Trinajstić information content (AvgIpc) is 2.80. The summed E-state index contributed by atoms with van der Waals surface area (Å²) in [6.45, 7) is 7.76. The predicted octanol–water partition coefficient (Wildman–Crippen LogP) is 2.58. The molecule has 4 heteroatoms. The molecule has 0 unspecified atom stereocenters. The molecule has 0 aliphatic carbocycles. The molecule has 102 valence electrons. The normalized spacial score (nSPS) is 17.2. The van der Waals surface area contributed by atoms with Crippen LogP contribution in [0.5, 0.6) is 0 Å². The van der Waals surface area contributed by atoms with Gasteiger partial charge in [0.1, 0.15) is 0 Å². The standard InChI is InChI=1S/C15H20ClN3/c1-11-10-18-15-13(11)8-12(9-14(15)16)2-5-19-6-3-17-4-7-19/h8-10,17-18H,2-7H2,1H3. The SMILES string of the molecule is Cc1c[nH]c2c(Cl)cc(CCN3CCNCC3)cc12. The van der Waals surface area contributed by atoms with E-state index >= 15 is 0 Å². The van der Waals surface area contributed by atoms with Gasteiger partial charge in [-0.3, -0.25) is 0 Å². The third-order valence-corrected chi connectivity index (χ3v) is 4.23. The van der Waals surface area contributed by atoms with E-state index in [4.69, 9.17) is 11.6 Å². The van der Waals surface area contributed by atoms with Gasteiger partial charge in [-0.15, -0.1) is 0 Å². The van der Waals surface area contributed by atoms with Gasteiger partial charge in [-0.2, -0.15) is 0 Å². The maximum absolute atomic E-state index is 6.34. The third-order valence-electron chi connectivity index (χ3n) is 3.93. The van der Waals surface area contributed by atoms with E-state index in [1.165, 1.54) is 16.5 Å². The number of aromatic amines is 1. The molecule has 0 saturated carbocycles. The summed E-state index contributed by atoms with van der Waals surface area (Å²) in [5.74, 6) is 0. The topological polar surface area (TPSA) is 31.1 Å². The summed E-state index contributed by atoms with van der Waals surface area (Å²) < 4.78 is 0. The van der Waals surface area contributed by atoms with Gasteiger partial charge in [-0.05, 0) is 36.6 Å². The van der Waals surface area contributed by atoms with E-state index in [2.05, 4.69) is 34.3 Å². The summed E-state index contributed by atoms with van der Waals surface area (Å²) in [5.41, 5.74) is 3.66. The van der Waals surface area contributed by atoms with Crippen LogP contribution in [0.3, 0.4) is 0 Å². The fourth-order valence-corrected chi connectivity index (χ4v) is 3.04. The van der Waals surface area contributed by atoms with Crippen LogP contribution in [0.2, 0.25) is 5.02 Å². The van der Waals surface area contributed by atoms with Crippen molar-refractivity contribution in [3.63, 3.8) is 0 Å². The van der Waals surface area contributed by atoms with Crippen LogP contribution in [0.25, 0.3) is 10.9 Å². The minimum absolute atomic E-state index is 0.834. The van der Waals surface area contributed by atoms with Gasteiger partial charge in [0.25, 0.3) is 0 Å². The van der Waals surface area contributed by atoms with Gasteiger partial charge < -0.3 is 15.2 Å². The molecule has 1 fully saturated rings. The molecule has 2 heterocycles. The van der Waals surface area contributed by atoms with Crippen LogP contribution in [0.15, 0.2) is 18.3 Å². The Morgan fingerprint density at radius 1 is 1.26 bits per heavy atom. The molecule has 0 bridgehead atoms. The zero-order chi connectivity index (χ0) is 13.2. The quantitative estimate of drug-likeness (QED) is 0.904. The highest BCUT2D eigenvalue weighted by Gasteiger charge is 2.11. The van der Waals surface area contributed by atoms with E-state index in [1.54, 1.807) is 0 Å². The predicted molar refractivity (Wildman–Crippen MR) is 81.1 cm³/mol. The molecule has 3 nitrogen and oxygen atoms in total. The molecule has 1 aliphatic heterocycles. The lowest BCUT2D eigenvalue weighted by Gasteiger charge is -2.27. The lowest BCUT2D eigenvalue weighted by molar-refractivity contribution is 0.244. The first kappa shape index (κ1) is 13.0. The molecule has 0 spiro atoms. The number of hydrogen-bond donors (Lipinski definition) is 2. The van der Waals surface area contributed by atoms with Gasteiger partial charge in [0.05, 0.1) is 10.5 Å². The van der Waals surface area contributed by atoms with E-state index in [0.717, 1.165) is 49.7 Å². The highest BCUT2D eigenvalue weighted by molar-refractivity contribution is 6.35. The molecule has 2 aromatic rings. The molecule has 2 N–H and O–H groups in total. The van der Waals surface area contributed by atoms with Crippen LogP contribution in [0, 0.1) is 6.92 Å². The summed E-state index contributed by atoms with van der Waals surface area (Å²) >= 11 is 6.34. The number of fused-ring (bicyclic) bond motifs is 1. The number of rotatable bonds is 3. The third kappa shape index (κ3) is 2.78. The minimum atomic E-state index is 0.834. The van der Waals surface area contributed by atoms with Gasteiger partial charge in [0.2, 0.25) is 0 Å². The van der Waals surface area contributed by atoms with Crippen LogP contribution < -0.4 is 5.32 Å². The van der Waals surface area contributed by atoms with Crippen LogP contribution in [0.4, 0.5) is 0 Å². The lowest BCUT2D eigenvalue weighted by Crippen LogP contribution is -2.44. The van der Waals surface area contributed by atoms with E-state index in [-0.39, 0.29) is 0 Å². The monoisotopic (exact) mass is 277 g/mol. The number of nitrogens with one attached hydrogen (secondary N) is 2. The fraction of sp³-hybridized carbons (Fsp3) is 0.467. The highest BCUT2D eigenvalue weighted by Crippen LogP contribution is 2.27. The maximum Gasteiger partial charge on any atom is 0.0649 e. The second-order valence-electron chi connectivity index (χ2n) is 5.31. The van der Waals surface area contributed by atoms with Gasteiger partial charge in [0, 0.05) is 44.3 Å². The lowest BCUT2D eigenvalue weighted by atomic mass is 10.1. The number of aryl methyl sites for hydroxylation is 1. The van der Waals surface area contributed by atoms with Crippen molar-refractivity contribution in [1.29, 1.82) is 0 Å². The van der Waals surface area contributed by atoms with E-state index < -0.39 is 0 Å². The first-order chi connectivity index (χ1) is 9.24. The molecular formula is C15H20ClN3. The zero-order valence-electron chi connectivity index (χ0n) is 11.3. The van der Waals surface area contributed by atoms with E-state index in [9.17, 15) is 0 Å². The minimum Gasteiger partial charge on any atom is -0.360 e. The first-order valence-corrected chi connectivity index (χ1v) is 7.31. The Hall–Kier alpha value is -1.03. The first-order valence-electron chi connectivity index (χ1n) is 6.93. The van der Waals surface area contributed by atoms with Gasteiger partial charge >= 0.3 is 0 Å². The molecular weight excluding hydrogens is 258 g/mol. The van der Waals surface area contributed by atoms with Gasteiger partial charge in [0.15, 0.2) is 0 Å². The van der Waals surface area contributed by atoms with Crippen molar-refractivity contribution in [2.24, 2.45) is 0 Å².